The van der Waals surface area contributed by atoms with Crippen LogP contribution in [-0.4, -0.2) is 51.9 Å². The molecule has 3 rings (SSSR count). The minimum absolute atomic E-state index is 0.0703. The summed E-state index contributed by atoms with van der Waals surface area (Å²) in [5, 5.41) is 0.126. The third-order valence-corrected chi connectivity index (χ3v) is 12.8. The summed E-state index contributed by atoms with van der Waals surface area (Å²) in [6.45, 7) is 22.9. The molecular formula is C29H46BNO5Si. The highest BCUT2D eigenvalue weighted by Crippen LogP contribution is 2.42. The highest BCUT2D eigenvalue weighted by Gasteiger charge is 2.51. The zero-order valence-corrected chi connectivity index (χ0v) is 25.7. The van der Waals surface area contributed by atoms with E-state index in [4.69, 9.17) is 23.2 Å². The molecule has 1 saturated heterocycles. The van der Waals surface area contributed by atoms with Crippen LogP contribution in [0.25, 0.3) is 11.1 Å². The van der Waals surface area contributed by atoms with Gasteiger partial charge in [0.25, 0.3) is 0 Å². The molecule has 1 aliphatic rings. The molecule has 1 aromatic carbocycles. The lowest BCUT2D eigenvalue weighted by atomic mass is 9.75. The fourth-order valence-electron chi connectivity index (χ4n) is 4.08. The van der Waals surface area contributed by atoms with E-state index in [0.717, 1.165) is 28.2 Å². The number of nitrogens with zero attached hydrogens (tertiary/aromatic N) is 1. The van der Waals surface area contributed by atoms with Crippen LogP contribution in [0.1, 0.15) is 66.9 Å². The minimum atomic E-state index is -1.95. The standard InChI is InChI=1S/C29H46BNO5Si/c1-12-33-26-16-21(13-14-25(26)32-9)22-15-23(19-31-18-22)24(20-34-37(10,11)27(2,3)4)17-30-35-28(5,6)29(7,8)36-30/h13-16,18-19,24H,12,17,20H2,1-11H3. The number of hydrogen-bond donors (Lipinski definition) is 0. The summed E-state index contributed by atoms with van der Waals surface area (Å²) in [5.74, 6) is 1.51. The molecule has 0 radical (unpaired) electrons. The van der Waals surface area contributed by atoms with Crippen molar-refractivity contribution in [3.8, 4) is 22.6 Å². The summed E-state index contributed by atoms with van der Waals surface area (Å²) in [7, 11) is -0.608. The summed E-state index contributed by atoms with van der Waals surface area (Å²) in [6.07, 6.45) is 4.53. The Morgan fingerprint density at radius 3 is 2.19 bits per heavy atom. The highest BCUT2D eigenvalue weighted by molar-refractivity contribution is 6.74. The largest absolute Gasteiger partial charge is 0.493 e. The molecule has 1 unspecified atom stereocenters. The summed E-state index contributed by atoms with van der Waals surface area (Å²) < 4.78 is 30.8. The lowest BCUT2D eigenvalue weighted by Crippen LogP contribution is -2.42. The van der Waals surface area contributed by atoms with Gasteiger partial charge in [-0.2, -0.15) is 0 Å². The average molecular weight is 528 g/mol. The van der Waals surface area contributed by atoms with Crippen molar-refractivity contribution >= 4 is 15.4 Å². The van der Waals surface area contributed by atoms with Crippen LogP contribution in [0, 0.1) is 0 Å². The number of methoxy groups -OCH3 is 1. The maximum absolute atomic E-state index is 6.72. The number of pyridine rings is 1. The Balaban J connectivity index is 1.93. The van der Waals surface area contributed by atoms with Crippen LogP contribution < -0.4 is 9.47 Å². The first-order valence-electron chi connectivity index (χ1n) is 13.4. The van der Waals surface area contributed by atoms with Crippen molar-refractivity contribution in [3.63, 3.8) is 0 Å². The minimum Gasteiger partial charge on any atom is -0.493 e. The molecular weight excluding hydrogens is 481 g/mol. The molecule has 1 aromatic heterocycles. The van der Waals surface area contributed by atoms with Crippen LogP contribution in [0.15, 0.2) is 36.7 Å². The van der Waals surface area contributed by atoms with E-state index in [-0.39, 0.29) is 29.3 Å². The Morgan fingerprint density at radius 2 is 1.62 bits per heavy atom. The molecule has 37 heavy (non-hydrogen) atoms. The zero-order chi connectivity index (χ0) is 27.6. The Labute approximate surface area is 225 Å². The van der Waals surface area contributed by atoms with Crippen molar-refractivity contribution in [1.29, 1.82) is 0 Å². The quantitative estimate of drug-likeness (QED) is 0.301. The molecule has 0 aliphatic carbocycles. The average Bonchev–Trinajstić information content (AvgIpc) is 3.01. The molecule has 1 fully saturated rings. The van der Waals surface area contributed by atoms with Crippen molar-refractivity contribution in [2.75, 3.05) is 20.3 Å². The number of rotatable bonds is 10. The van der Waals surface area contributed by atoms with Crippen LogP contribution in [0.3, 0.4) is 0 Å². The Morgan fingerprint density at radius 1 is 0.973 bits per heavy atom. The van der Waals surface area contributed by atoms with Gasteiger partial charge in [0.1, 0.15) is 0 Å². The third-order valence-electron chi connectivity index (χ3n) is 8.26. The second kappa shape index (κ2) is 11.1. The molecule has 2 aromatic rings. The van der Waals surface area contributed by atoms with Gasteiger partial charge in [0.05, 0.1) is 24.9 Å². The van der Waals surface area contributed by atoms with E-state index in [1.807, 2.05) is 37.5 Å². The van der Waals surface area contributed by atoms with E-state index >= 15 is 0 Å². The Hall–Kier alpha value is -1.87. The smallest absolute Gasteiger partial charge is 0.458 e. The lowest BCUT2D eigenvalue weighted by Gasteiger charge is -2.37. The van der Waals surface area contributed by atoms with Crippen LogP contribution in [0.5, 0.6) is 11.5 Å². The van der Waals surface area contributed by atoms with E-state index < -0.39 is 8.32 Å². The third kappa shape index (κ3) is 6.77. The predicted molar refractivity (Wildman–Crippen MR) is 154 cm³/mol. The van der Waals surface area contributed by atoms with Gasteiger partial charge in [0, 0.05) is 30.5 Å². The number of hydrogen-bond acceptors (Lipinski definition) is 6. The van der Waals surface area contributed by atoms with Crippen LogP contribution in [0.4, 0.5) is 0 Å². The first-order chi connectivity index (χ1) is 17.1. The molecule has 6 nitrogen and oxygen atoms in total. The molecule has 0 bridgehead atoms. The van der Waals surface area contributed by atoms with Gasteiger partial charge in [0.2, 0.25) is 0 Å². The van der Waals surface area contributed by atoms with Gasteiger partial charge < -0.3 is 23.2 Å². The van der Waals surface area contributed by atoms with E-state index in [1.165, 1.54) is 0 Å². The number of benzene rings is 1. The topological polar surface area (TPSA) is 59.0 Å². The SMILES string of the molecule is CCOc1cc(-c2cncc(C(CO[Si](C)(C)C(C)(C)C)CB3OC(C)(C)C(C)(C)O3)c2)ccc1OC. The summed E-state index contributed by atoms with van der Waals surface area (Å²) in [4.78, 5) is 4.63. The van der Waals surface area contributed by atoms with Gasteiger partial charge in [0.15, 0.2) is 19.8 Å². The Bertz CT molecular complexity index is 1050. The molecule has 204 valence electrons. The molecule has 8 heteroatoms. The van der Waals surface area contributed by atoms with Gasteiger partial charge in [-0.15, -0.1) is 0 Å². The van der Waals surface area contributed by atoms with Gasteiger partial charge in [-0.3, -0.25) is 4.98 Å². The Kier molecular flexibility index (Phi) is 8.90. The van der Waals surface area contributed by atoms with Crippen molar-refractivity contribution in [2.24, 2.45) is 0 Å². The number of aromatic nitrogens is 1. The predicted octanol–water partition coefficient (Wildman–Crippen LogP) is 7.35. The molecule has 0 N–H and O–H groups in total. The monoisotopic (exact) mass is 527 g/mol. The van der Waals surface area contributed by atoms with Crippen molar-refractivity contribution < 1.29 is 23.2 Å². The zero-order valence-electron chi connectivity index (χ0n) is 24.7. The summed E-state index contributed by atoms with van der Waals surface area (Å²) in [6, 6.07) is 8.20. The fourth-order valence-corrected chi connectivity index (χ4v) is 5.13. The van der Waals surface area contributed by atoms with E-state index in [2.05, 4.69) is 72.6 Å². The second-order valence-corrected chi connectivity index (χ2v) is 17.3. The van der Waals surface area contributed by atoms with Crippen molar-refractivity contribution in [3.05, 3.63) is 42.2 Å². The van der Waals surface area contributed by atoms with Crippen LogP contribution >= 0.6 is 0 Å². The van der Waals surface area contributed by atoms with Crippen LogP contribution in [0.2, 0.25) is 24.5 Å². The highest BCUT2D eigenvalue weighted by atomic mass is 28.4. The maximum Gasteiger partial charge on any atom is 0.458 e. The molecule has 2 heterocycles. The second-order valence-electron chi connectivity index (χ2n) is 12.5. The molecule has 1 atom stereocenters. The molecule has 0 amide bonds. The number of ether oxygens (including phenoxy) is 2. The molecule has 1 aliphatic heterocycles. The van der Waals surface area contributed by atoms with Gasteiger partial charge >= 0.3 is 7.12 Å². The van der Waals surface area contributed by atoms with Crippen molar-refractivity contribution in [1.82, 2.24) is 4.98 Å². The van der Waals surface area contributed by atoms with Crippen molar-refractivity contribution in [2.45, 2.75) is 97.0 Å². The van der Waals surface area contributed by atoms with E-state index in [9.17, 15) is 0 Å². The molecule has 0 spiro atoms. The normalized spacial score (nSPS) is 18.1. The van der Waals surface area contributed by atoms with Gasteiger partial charge in [-0.05, 0) is 88.4 Å². The molecule has 0 saturated carbocycles. The summed E-state index contributed by atoms with van der Waals surface area (Å²) in [5.41, 5.74) is 2.41. The van der Waals surface area contributed by atoms with E-state index in [0.29, 0.717) is 19.5 Å². The maximum atomic E-state index is 6.72. The van der Waals surface area contributed by atoms with Gasteiger partial charge in [-0.25, -0.2) is 0 Å². The summed E-state index contributed by atoms with van der Waals surface area (Å²) >= 11 is 0. The first kappa shape index (κ1) is 29.7. The fraction of sp³-hybridized carbons (Fsp3) is 0.621. The lowest BCUT2D eigenvalue weighted by molar-refractivity contribution is 0.00578. The van der Waals surface area contributed by atoms with Crippen LogP contribution in [-0.2, 0) is 13.7 Å². The first-order valence-corrected chi connectivity index (χ1v) is 16.3. The van der Waals surface area contributed by atoms with Gasteiger partial charge in [-0.1, -0.05) is 26.8 Å². The van der Waals surface area contributed by atoms with E-state index in [1.54, 1.807) is 7.11 Å².